The Morgan fingerprint density at radius 2 is 1.92 bits per heavy atom. The fourth-order valence-electron chi connectivity index (χ4n) is 2.60. The number of pyridine rings is 1. The highest BCUT2D eigenvalue weighted by Crippen LogP contribution is 2.27. The topological polar surface area (TPSA) is 54.9 Å². The number of carbonyl (C=O) groups is 1. The number of aryl methyl sites for hydroxylation is 3. The molecule has 2 aromatic heterocycles. The van der Waals surface area contributed by atoms with Crippen LogP contribution in [-0.4, -0.2) is 15.9 Å². The minimum Gasteiger partial charge on any atom is -0.326 e. The number of rotatable bonds is 4. The van der Waals surface area contributed by atoms with Crippen LogP contribution in [0.15, 0.2) is 42.7 Å². The Labute approximate surface area is 145 Å². The summed E-state index contributed by atoms with van der Waals surface area (Å²) in [5.74, 6) is -0.0236. The summed E-state index contributed by atoms with van der Waals surface area (Å²) in [5.41, 5.74) is 4.99. The van der Waals surface area contributed by atoms with Crippen LogP contribution in [0.1, 0.15) is 21.7 Å². The zero-order valence-electron chi connectivity index (χ0n) is 14.0. The minimum atomic E-state index is -0.0236. The summed E-state index contributed by atoms with van der Waals surface area (Å²) in [4.78, 5) is 22.0. The number of hydrogen-bond donors (Lipinski definition) is 1. The number of thiazole rings is 1. The third kappa shape index (κ3) is 3.86. The first-order chi connectivity index (χ1) is 11.5. The monoisotopic (exact) mass is 337 g/mol. The second kappa shape index (κ2) is 6.93. The molecule has 0 fully saturated rings. The SMILES string of the molecule is Cc1cc(C)cc(NC(=O)Cc2sc(-c3cccnc3)nc2C)c1. The van der Waals surface area contributed by atoms with E-state index in [1.54, 1.807) is 23.7 Å². The fourth-order valence-corrected chi connectivity index (χ4v) is 3.65. The third-order valence-corrected chi connectivity index (χ3v) is 4.83. The van der Waals surface area contributed by atoms with Crippen LogP contribution < -0.4 is 5.32 Å². The summed E-state index contributed by atoms with van der Waals surface area (Å²) < 4.78 is 0. The molecular formula is C19H19N3OS. The summed E-state index contributed by atoms with van der Waals surface area (Å²) in [6.45, 7) is 5.99. The molecule has 2 heterocycles. The Hall–Kier alpha value is -2.53. The molecule has 0 unspecified atom stereocenters. The van der Waals surface area contributed by atoms with Crippen LogP contribution in [0, 0.1) is 20.8 Å². The molecule has 0 aliphatic heterocycles. The van der Waals surface area contributed by atoms with Crippen molar-refractivity contribution in [3.8, 4) is 10.6 Å². The Morgan fingerprint density at radius 3 is 2.58 bits per heavy atom. The lowest BCUT2D eigenvalue weighted by molar-refractivity contribution is -0.115. The molecule has 4 nitrogen and oxygen atoms in total. The van der Waals surface area contributed by atoms with Crippen LogP contribution in [0.25, 0.3) is 10.6 Å². The maximum absolute atomic E-state index is 12.4. The zero-order valence-corrected chi connectivity index (χ0v) is 14.8. The molecule has 0 saturated heterocycles. The van der Waals surface area contributed by atoms with Gasteiger partial charge in [0.2, 0.25) is 5.91 Å². The van der Waals surface area contributed by atoms with Gasteiger partial charge in [0.05, 0.1) is 12.1 Å². The van der Waals surface area contributed by atoms with Crippen LogP contribution in [-0.2, 0) is 11.2 Å². The van der Waals surface area contributed by atoms with Crippen molar-refractivity contribution in [1.29, 1.82) is 0 Å². The lowest BCUT2D eigenvalue weighted by Gasteiger charge is -2.07. The van der Waals surface area contributed by atoms with Gasteiger partial charge < -0.3 is 5.32 Å². The highest BCUT2D eigenvalue weighted by atomic mass is 32.1. The molecule has 3 aromatic rings. The fraction of sp³-hybridized carbons (Fsp3) is 0.211. The second-order valence-electron chi connectivity index (χ2n) is 5.87. The lowest BCUT2D eigenvalue weighted by Crippen LogP contribution is -2.14. The number of aromatic nitrogens is 2. The van der Waals surface area contributed by atoms with Gasteiger partial charge in [-0.3, -0.25) is 9.78 Å². The molecule has 1 N–H and O–H groups in total. The molecule has 5 heteroatoms. The highest BCUT2D eigenvalue weighted by Gasteiger charge is 2.13. The zero-order chi connectivity index (χ0) is 17.1. The van der Waals surface area contributed by atoms with E-state index in [0.29, 0.717) is 6.42 Å². The van der Waals surface area contributed by atoms with Crippen LogP contribution in [0.5, 0.6) is 0 Å². The van der Waals surface area contributed by atoms with Crippen molar-refractivity contribution in [2.45, 2.75) is 27.2 Å². The summed E-state index contributed by atoms with van der Waals surface area (Å²) >= 11 is 1.55. The molecule has 0 atom stereocenters. The van der Waals surface area contributed by atoms with Gasteiger partial charge in [-0.05, 0) is 56.2 Å². The van der Waals surface area contributed by atoms with E-state index in [1.807, 2.05) is 45.0 Å². The van der Waals surface area contributed by atoms with Crippen LogP contribution in [0.2, 0.25) is 0 Å². The van der Waals surface area contributed by atoms with Gasteiger partial charge in [-0.15, -0.1) is 11.3 Å². The number of nitrogens with zero attached hydrogens (tertiary/aromatic N) is 2. The van der Waals surface area contributed by atoms with Gasteiger partial charge in [-0.1, -0.05) is 6.07 Å². The Kier molecular flexibility index (Phi) is 4.71. The maximum atomic E-state index is 12.4. The third-order valence-electron chi connectivity index (χ3n) is 3.63. The quantitative estimate of drug-likeness (QED) is 0.772. The average molecular weight is 337 g/mol. The van der Waals surface area contributed by atoms with Crippen molar-refractivity contribution in [3.05, 3.63) is 64.4 Å². The molecular weight excluding hydrogens is 318 g/mol. The van der Waals surface area contributed by atoms with Crippen LogP contribution >= 0.6 is 11.3 Å². The van der Waals surface area contributed by atoms with Gasteiger partial charge in [0.15, 0.2) is 0 Å². The predicted molar refractivity (Wildman–Crippen MR) is 98.3 cm³/mol. The van der Waals surface area contributed by atoms with Crippen LogP contribution in [0.4, 0.5) is 5.69 Å². The number of hydrogen-bond acceptors (Lipinski definition) is 4. The number of anilines is 1. The first-order valence-electron chi connectivity index (χ1n) is 7.76. The number of carbonyl (C=O) groups excluding carboxylic acids is 1. The first-order valence-corrected chi connectivity index (χ1v) is 8.58. The van der Waals surface area contributed by atoms with Gasteiger partial charge in [-0.25, -0.2) is 4.98 Å². The van der Waals surface area contributed by atoms with Gasteiger partial charge in [0, 0.05) is 28.5 Å². The molecule has 24 heavy (non-hydrogen) atoms. The van der Waals surface area contributed by atoms with E-state index in [2.05, 4.69) is 21.4 Å². The van der Waals surface area contributed by atoms with Gasteiger partial charge in [0.25, 0.3) is 0 Å². The summed E-state index contributed by atoms with van der Waals surface area (Å²) in [6, 6.07) is 9.91. The standard InChI is InChI=1S/C19H19N3OS/c1-12-7-13(2)9-16(8-12)22-18(23)10-17-14(3)21-19(24-17)15-5-4-6-20-11-15/h4-9,11H,10H2,1-3H3,(H,22,23). The molecule has 3 rings (SSSR count). The summed E-state index contributed by atoms with van der Waals surface area (Å²) in [7, 11) is 0. The van der Waals surface area contributed by atoms with E-state index < -0.39 is 0 Å². The second-order valence-corrected chi connectivity index (χ2v) is 6.95. The summed E-state index contributed by atoms with van der Waals surface area (Å²) in [5, 5.41) is 3.87. The molecule has 0 aliphatic carbocycles. The first kappa shape index (κ1) is 16.3. The lowest BCUT2D eigenvalue weighted by atomic mass is 10.1. The van der Waals surface area contributed by atoms with Crippen molar-refractivity contribution < 1.29 is 4.79 Å². The molecule has 1 aromatic carbocycles. The largest absolute Gasteiger partial charge is 0.326 e. The number of amides is 1. The molecule has 0 saturated carbocycles. The molecule has 0 radical (unpaired) electrons. The normalized spacial score (nSPS) is 10.6. The molecule has 0 bridgehead atoms. The number of benzene rings is 1. The van der Waals surface area contributed by atoms with Gasteiger partial charge in [-0.2, -0.15) is 0 Å². The van der Waals surface area contributed by atoms with Crippen molar-refractivity contribution in [3.63, 3.8) is 0 Å². The maximum Gasteiger partial charge on any atom is 0.229 e. The predicted octanol–water partition coefficient (Wildman–Crippen LogP) is 4.31. The Morgan fingerprint density at radius 1 is 1.17 bits per heavy atom. The smallest absolute Gasteiger partial charge is 0.229 e. The molecule has 122 valence electrons. The van der Waals surface area contributed by atoms with Crippen molar-refractivity contribution in [2.75, 3.05) is 5.32 Å². The summed E-state index contributed by atoms with van der Waals surface area (Å²) in [6.07, 6.45) is 3.86. The number of nitrogens with one attached hydrogen (secondary N) is 1. The van der Waals surface area contributed by atoms with E-state index in [0.717, 1.165) is 38.0 Å². The van der Waals surface area contributed by atoms with E-state index >= 15 is 0 Å². The average Bonchev–Trinajstić information content (AvgIpc) is 2.88. The minimum absolute atomic E-state index is 0.0236. The highest BCUT2D eigenvalue weighted by molar-refractivity contribution is 7.15. The molecule has 1 amide bonds. The molecule has 0 spiro atoms. The van der Waals surface area contributed by atoms with E-state index in [-0.39, 0.29) is 5.91 Å². The van der Waals surface area contributed by atoms with Crippen LogP contribution in [0.3, 0.4) is 0 Å². The van der Waals surface area contributed by atoms with E-state index in [9.17, 15) is 4.79 Å². The van der Waals surface area contributed by atoms with Crippen molar-refractivity contribution in [1.82, 2.24) is 9.97 Å². The Bertz CT molecular complexity index is 851. The molecule has 0 aliphatic rings. The van der Waals surface area contributed by atoms with Gasteiger partial charge >= 0.3 is 0 Å². The van der Waals surface area contributed by atoms with Crippen molar-refractivity contribution >= 4 is 22.9 Å². The Balaban J connectivity index is 1.74. The van der Waals surface area contributed by atoms with Gasteiger partial charge in [0.1, 0.15) is 5.01 Å². The van der Waals surface area contributed by atoms with E-state index in [4.69, 9.17) is 0 Å². The van der Waals surface area contributed by atoms with Crippen molar-refractivity contribution in [2.24, 2.45) is 0 Å². The van der Waals surface area contributed by atoms with E-state index in [1.165, 1.54) is 0 Å².